The van der Waals surface area contributed by atoms with E-state index in [0.29, 0.717) is 23.8 Å². The zero-order valence-electron chi connectivity index (χ0n) is 10.8. The number of benzene rings is 1. The van der Waals surface area contributed by atoms with Crippen LogP contribution in [0, 0.1) is 0 Å². The molecule has 0 radical (unpaired) electrons. The Bertz CT molecular complexity index is 781. The molecule has 0 spiro atoms. The smallest absolute Gasteiger partial charge is 0.274 e. The first-order valence-corrected chi connectivity index (χ1v) is 7.01. The molecule has 0 atom stereocenters. The number of nitrogens with one attached hydrogen (secondary N) is 2. The number of rotatable bonds is 4. The highest BCUT2D eigenvalue weighted by Gasteiger charge is 2.07. The number of hydrogen-bond donors (Lipinski definition) is 2. The van der Waals surface area contributed by atoms with Gasteiger partial charge >= 0.3 is 0 Å². The minimum Gasteiger partial charge on any atom is -0.469 e. The summed E-state index contributed by atoms with van der Waals surface area (Å²) < 4.78 is 6.16. The van der Waals surface area contributed by atoms with E-state index in [9.17, 15) is 4.79 Å². The largest absolute Gasteiger partial charge is 0.469 e. The maximum atomic E-state index is 12.0. The number of aromatic nitrogens is 3. The van der Waals surface area contributed by atoms with E-state index in [4.69, 9.17) is 4.42 Å². The monoisotopic (exact) mass is 346 g/mol. The topological polar surface area (TPSA) is 83.8 Å². The predicted molar refractivity (Wildman–Crippen MR) is 81.6 cm³/mol. The standard InChI is InChI=1S/C14H11BrN4O2/c15-9-3-5-10(6-4-9)16-14-17-13(20)12(18-19-14)8-11-2-1-7-21-11/h1-7H,8H2,(H2,16,17,19,20). The van der Waals surface area contributed by atoms with Gasteiger partial charge in [-0.3, -0.25) is 9.78 Å². The van der Waals surface area contributed by atoms with Crippen molar-refractivity contribution in [1.29, 1.82) is 0 Å². The van der Waals surface area contributed by atoms with Crippen LogP contribution < -0.4 is 10.9 Å². The van der Waals surface area contributed by atoms with E-state index < -0.39 is 0 Å². The highest BCUT2D eigenvalue weighted by atomic mass is 79.9. The summed E-state index contributed by atoms with van der Waals surface area (Å²) >= 11 is 3.36. The third kappa shape index (κ3) is 3.38. The van der Waals surface area contributed by atoms with Gasteiger partial charge in [0, 0.05) is 10.2 Å². The fourth-order valence-corrected chi connectivity index (χ4v) is 2.04. The SMILES string of the molecule is O=c1[nH]c(Nc2ccc(Br)cc2)nnc1Cc1ccco1. The summed E-state index contributed by atoms with van der Waals surface area (Å²) in [6, 6.07) is 11.1. The highest BCUT2D eigenvalue weighted by molar-refractivity contribution is 9.10. The summed E-state index contributed by atoms with van der Waals surface area (Å²) in [7, 11) is 0. The summed E-state index contributed by atoms with van der Waals surface area (Å²) in [6.45, 7) is 0. The van der Waals surface area contributed by atoms with Gasteiger partial charge in [-0.05, 0) is 36.4 Å². The number of nitrogens with zero attached hydrogens (tertiary/aromatic N) is 2. The molecule has 1 aromatic carbocycles. The van der Waals surface area contributed by atoms with Crippen LogP contribution in [-0.4, -0.2) is 15.2 Å². The minimum atomic E-state index is -0.291. The number of H-pyrrole nitrogens is 1. The van der Waals surface area contributed by atoms with Gasteiger partial charge in [-0.25, -0.2) is 0 Å². The predicted octanol–water partition coefficient (Wildman–Crippen LogP) is 2.85. The molecule has 2 N–H and O–H groups in total. The lowest BCUT2D eigenvalue weighted by molar-refractivity contribution is 0.517. The molecule has 0 fully saturated rings. The lowest BCUT2D eigenvalue weighted by Crippen LogP contribution is -2.18. The van der Waals surface area contributed by atoms with Gasteiger partial charge in [-0.2, -0.15) is 0 Å². The van der Waals surface area contributed by atoms with Crippen molar-refractivity contribution in [1.82, 2.24) is 15.2 Å². The Labute approximate surface area is 128 Å². The number of anilines is 2. The van der Waals surface area contributed by atoms with Crippen molar-refractivity contribution >= 4 is 27.6 Å². The fraction of sp³-hybridized carbons (Fsp3) is 0.0714. The molecule has 21 heavy (non-hydrogen) atoms. The molecule has 0 saturated carbocycles. The maximum absolute atomic E-state index is 12.0. The summed E-state index contributed by atoms with van der Waals surface area (Å²) in [5, 5.41) is 10.9. The molecule has 106 valence electrons. The van der Waals surface area contributed by atoms with Crippen LogP contribution in [0.4, 0.5) is 11.6 Å². The molecule has 0 unspecified atom stereocenters. The fourth-order valence-electron chi connectivity index (χ4n) is 1.78. The zero-order chi connectivity index (χ0) is 14.7. The van der Waals surface area contributed by atoms with Crippen LogP contribution in [0.15, 0.2) is 56.3 Å². The van der Waals surface area contributed by atoms with Crippen LogP contribution in [0.2, 0.25) is 0 Å². The van der Waals surface area contributed by atoms with E-state index in [0.717, 1.165) is 10.2 Å². The first-order valence-electron chi connectivity index (χ1n) is 6.21. The Balaban J connectivity index is 1.77. The van der Waals surface area contributed by atoms with E-state index in [2.05, 4.69) is 36.4 Å². The average Bonchev–Trinajstić information content (AvgIpc) is 2.97. The van der Waals surface area contributed by atoms with Crippen LogP contribution >= 0.6 is 15.9 Å². The molecular weight excluding hydrogens is 336 g/mol. The molecule has 0 aliphatic rings. The Morgan fingerprint density at radius 2 is 2.00 bits per heavy atom. The summed E-state index contributed by atoms with van der Waals surface area (Å²) in [4.78, 5) is 14.6. The molecule has 0 aliphatic heterocycles. The van der Waals surface area contributed by atoms with Crippen molar-refractivity contribution in [2.75, 3.05) is 5.32 Å². The molecule has 7 heteroatoms. The van der Waals surface area contributed by atoms with Gasteiger partial charge in [0.25, 0.3) is 5.56 Å². The normalized spacial score (nSPS) is 10.5. The summed E-state index contributed by atoms with van der Waals surface area (Å²) in [6.07, 6.45) is 1.87. The van der Waals surface area contributed by atoms with Crippen LogP contribution in [0.25, 0.3) is 0 Å². The molecule has 0 aliphatic carbocycles. The van der Waals surface area contributed by atoms with Crippen LogP contribution in [0.5, 0.6) is 0 Å². The average molecular weight is 347 g/mol. The Kier molecular flexibility index (Phi) is 3.83. The van der Waals surface area contributed by atoms with Gasteiger partial charge in [0.05, 0.1) is 12.7 Å². The third-order valence-electron chi connectivity index (χ3n) is 2.79. The lowest BCUT2D eigenvalue weighted by atomic mass is 10.2. The maximum Gasteiger partial charge on any atom is 0.274 e. The van der Waals surface area contributed by atoms with Gasteiger partial charge in [-0.1, -0.05) is 15.9 Å². The third-order valence-corrected chi connectivity index (χ3v) is 3.32. The molecule has 0 amide bonds. The van der Waals surface area contributed by atoms with Crippen molar-refractivity contribution in [3.63, 3.8) is 0 Å². The Morgan fingerprint density at radius 1 is 1.19 bits per heavy atom. The number of hydrogen-bond acceptors (Lipinski definition) is 5. The molecule has 0 bridgehead atoms. The molecule has 2 heterocycles. The van der Waals surface area contributed by atoms with Crippen LogP contribution in [0.1, 0.15) is 11.5 Å². The van der Waals surface area contributed by atoms with Gasteiger partial charge in [0.1, 0.15) is 11.5 Å². The van der Waals surface area contributed by atoms with Crippen LogP contribution in [0.3, 0.4) is 0 Å². The van der Waals surface area contributed by atoms with Gasteiger partial charge in [0.15, 0.2) is 0 Å². The van der Waals surface area contributed by atoms with Gasteiger partial charge in [0.2, 0.25) is 5.95 Å². The first kappa shape index (κ1) is 13.6. The first-order chi connectivity index (χ1) is 10.2. The van der Waals surface area contributed by atoms with Crippen molar-refractivity contribution in [2.45, 2.75) is 6.42 Å². The summed E-state index contributed by atoms with van der Waals surface area (Å²) in [5.74, 6) is 0.967. The number of furan rings is 1. The van der Waals surface area contributed by atoms with E-state index in [1.165, 1.54) is 0 Å². The second-order valence-electron chi connectivity index (χ2n) is 4.34. The lowest BCUT2D eigenvalue weighted by Gasteiger charge is -2.05. The Hall–Kier alpha value is -2.41. The van der Waals surface area contributed by atoms with Crippen LogP contribution in [-0.2, 0) is 6.42 Å². The molecule has 3 aromatic rings. The summed E-state index contributed by atoms with van der Waals surface area (Å²) in [5.41, 5.74) is 0.828. The molecule has 2 aromatic heterocycles. The second-order valence-corrected chi connectivity index (χ2v) is 5.25. The zero-order valence-corrected chi connectivity index (χ0v) is 12.4. The highest BCUT2D eigenvalue weighted by Crippen LogP contribution is 2.16. The molecule has 0 saturated heterocycles. The van der Waals surface area contributed by atoms with Crippen molar-refractivity contribution in [3.8, 4) is 0 Å². The van der Waals surface area contributed by atoms with E-state index in [1.807, 2.05) is 24.3 Å². The number of aromatic amines is 1. The minimum absolute atomic E-state index is 0.291. The second kappa shape index (κ2) is 5.92. The Morgan fingerprint density at radius 3 is 2.67 bits per heavy atom. The van der Waals surface area contributed by atoms with Crippen molar-refractivity contribution < 1.29 is 4.42 Å². The number of halogens is 1. The van der Waals surface area contributed by atoms with Crippen molar-refractivity contribution in [3.05, 3.63) is 68.9 Å². The van der Waals surface area contributed by atoms with Gasteiger partial charge < -0.3 is 9.73 Å². The van der Waals surface area contributed by atoms with Crippen molar-refractivity contribution in [2.24, 2.45) is 0 Å². The molecule has 3 rings (SSSR count). The quantitative estimate of drug-likeness (QED) is 0.758. The van der Waals surface area contributed by atoms with Gasteiger partial charge in [-0.15, -0.1) is 10.2 Å². The van der Waals surface area contributed by atoms with E-state index in [-0.39, 0.29) is 5.56 Å². The molecular formula is C14H11BrN4O2. The van der Waals surface area contributed by atoms with E-state index >= 15 is 0 Å². The molecule has 6 nitrogen and oxygen atoms in total. The van der Waals surface area contributed by atoms with E-state index in [1.54, 1.807) is 18.4 Å².